The number of nitrogens with zero attached hydrogens (tertiary/aromatic N) is 2. The highest BCUT2D eigenvalue weighted by atomic mass is 16.3. The van der Waals surface area contributed by atoms with Crippen LogP contribution in [0.2, 0.25) is 0 Å². The van der Waals surface area contributed by atoms with Gasteiger partial charge in [0.15, 0.2) is 0 Å². The molecule has 112 valence electrons. The maximum absolute atomic E-state index is 9.05. The van der Waals surface area contributed by atoms with Crippen LogP contribution in [0.15, 0.2) is 12.1 Å². The second-order valence-corrected chi connectivity index (χ2v) is 6.07. The Morgan fingerprint density at radius 1 is 0.950 bits per heavy atom. The largest absolute Gasteiger partial charge is 0.395 e. The predicted octanol–water partition coefficient (Wildman–Crippen LogP) is 2.11. The number of aryl methyl sites for hydroxylation is 3. The number of hydrogen-bond acceptors (Lipinski definition) is 3. The number of benzene rings is 1. The first-order valence-corrected chi connectivity index (χ1v) is 7.72. The van der Waals surface area contributed by atoms with Gasteiger partial charge in [0.2, 0.25) is 0 Å². The van der Waals surface area contributed by atoms with Crippen LogP contribution in [0.5, 0.6) is 0 Å². The van der Waals surface area contributed by atoms with Crippen molar-refractivity contribution < 1.29 is 5.11 Å². The average Bonchev–Trinajstić information content (AvgIpc) is 2.60. The second-order valence-electron chi connectivity index (χ2n) is 6.07. The fourth-order valence-corrected chi connectivity index (χ4v) is 3.23. The second kappa shape index (κ2) is 7.21. The van der Waals surface area contributed by atoms with Gasteiger partial charge in [0.1, 0.15) is 0 Å². The smallest absolute Gasteiger partial charge is 0.0558 e. The molecule has 0 aromatic heterocycles. The number of aliphatic hydroxyl groups is 1. The lowest BCUT2D eigenvalue weighted by Crippen LogP contribution is -2.32. The molecular weight excluding hydrogens is 248 g/mol. The number of hydrogen-bond donors (Lipinski definition) is 1. The number of aliphatic hydroxyl groups excluding tert-OH is 1. The van der Waals surface area contributed by atoms with Crippen molar-refractivity contribution in [2.75, 3.05) is 39.3 Å². The molecule has 3 heteroatoms. The number of rotatable bonds is 4. The zero-order valence-electron chi connectivity index (χ0n) is 13.2. The SMILES string of the molecule is Cc1cc(C)c(CN2CCCN(CCO)CC2)c(C)c1. The molecule has 3 nitrogen and oxygen atoms in total. The van der Waals surface area contributed by atoms with Gasteiger partial charge in [0.05, 0.1) is 6.61 Å². The van der Waals surface area contributed by atoms with Crippen LogP contribution in [-0.4, -0.2) is 54.2 Å². The molecule has 20 heavy (non-hydrogen) atoms. The quantitative estimate of drug-likeness (QED) is 0.912. The molecule has 1 heterocycles. The Morgan fingerprint density at radius 2 is 1.55 bits per heavy atom. The number of β-amino-alcohol motifs (C(OH)–C–C–N with tert-alkyl or cyclic N) is 1. The summed E-state index contributed by atoms with van der Waals surface area (Å²) in [5.74, 6) is 0. The molecule has 1 aromatic rings. The Bertz CT molecular complexity index is 422. The maximum Gasteiger partial charge on any atom is 0.0558 e. The molecule has 0 unspecified atom stereocenters. The third kappa shape index (κ3) is 4.05. The summed E-state index contributed by atoms with van der Waals surface area (Å²) in [5.41, 5.74) is 5.68. The van der Waals surface area contributed by atoms with Crippen LogP contribution in [-0.2, 0) is 6.54 Å². The molecule has 0 radical (unpaired) electrons. The molecule has 0 saturated carbocycles. The molecular formula is C17H28N2O. The molecule has 1 aliphatic heterocycles. The van der Waals surface area contributed by atoms with E-state index in [-0.39, 0.29) is 6.61 Å². The van der Waals surface area contributed by atoms with Crippen molar-refractivity contribution in [1.29, 1.82) is 0 Å². The van der Waals surface area contributed by atoms with Crippen LogP contribution in [0.4, 0.5) is 0 Å². The normalized spacial score (nSPS) is 18.2. The monoisotopic (exact) mass is 276 g/mol. The minimum Gasteiger partial charge on any atom is -0.395 e. The van der Waals surface area contributed by atoms with Crippen molar-refractivity contribution in [3.8, 4) is 0 Å². The van der Waals surface area contributed by atoms with Gasteiger partial charge in [-0.2, -0.15) is 0 Å². The fraction of sp³-hybridized carbons (Fsp3) is 0.647. The molecule has 0 atom stereocenters. The Labute approximate surface area is 123 Å². The average molecular weight is 276 g/mol. The summed E-state index contributed by atoms with van der Waals surface area (Å²) in [6.07, 6.45) is 1.20. The molecule has 1 aliphatic rings. The van der Waals surface area contributed by atoms with E-state index in [1.165, 1.54) is 28.7 Å². The van der Waals surface area contributed by atoms with E-state index in [1.54, 1.807) is 0 Å². The van der Waals surface area contributed by atoms with E-state index < -0.39 is 0 Å². The molecule has 1 aromatic carbocycles. The predicted molar refractivity (Wildman–Crippen MR) is 84.1 cm³/mol. The lowest BCUT2D eigenvalue weighted by atomic mass is 9.99. The summed E-state index contributed by atoms with van der Waals surface area (Å²) < 4.78 is 0. The summed E-state index contributed by atoms with van der Waals surface area (Å²) in [6, 6.07) is 4.58. The van der Waals surface area contributed by atoms with Crippen molar-refractivity contribution in [2.24, 2.45) is 0 Å². The minimum atomic E-state index is 0.274. The lowest BCUT2D eigenvalue weighted by Gasteiger charge is -2.23. The van der Waals surface area contributed by atoms with Crippen LogP contribution < -0.4 is 0 Å². The third-order valence-electron chi connectivity index (χ3n) is 4.32. The first-order chi connectivity index (χ1) is 9.60. The van der Waals surface area contributed by atoms with Crippen molar-refractivity contribution in [3.05, 3.63) is 34.4 Å². The van der Waals surface area contributed by atoms with Crippen LogP contribution in [0.1, 0.15) is 28.7 Å². The van der Waals surface area contributed by atoms with E-state index >= 15 is 0 Å². The van der Waals surface area contributed by atoms with Gasteiger partial charge in [-0.25, -0.2) is 0 Å². The van der Waals surface area contributed by atoms with Crippen LogP contribution in [0.25, 0.3) is 0 Å². The standard InChI is InChI=1S/C17H28N2O/c1-14-11-15(2)17(16(3)12-14)13-19-6-4-5-18(7-8-19)9-10-20/h11-12,20H,4-10,13H2,1-3H3. The van der Waals surface area contributed by atoms with Gasteiger partial charge in [-0.05, 0) is 57.0 Å². The van der Waals surface area contributed by atoms with E-state index in [4.69, 9.17) is 5.11 Å². The van der Waals surface area contributed by atoms with Gasteiger partial charge in [0, 0.05) is 26.2 Å². The van der Waals surface area contributed by atoms with Gasteiger partial charge in [-0.15, -0.1) is 0 Å². The summed E-state index contributed by atoms with van der Waals surface area (Å²) in [4.78, 5) is 4.93. The highest BCUT2D eigenvalue weighted by Gasteiger charge is 2.16. The van der Waals surface area contributed by atoms with Crippen molar-refractivity contribution in [2.45, 2.75) is 33.7 Å². The molecule has 0 aliphatic carbocycles. The van der Waals surface area contributed by atoms with Gasteiger partial charge in [0.25, 0.3) is 0 Å². The van der Waals surface area contributed by atoms with Gasteiger partial charge < -0.3 is 5.11 Å². The Hall–Kier alpha value is -0.900. The van der Waals surface area contributed by atoms with E-state index in [2.05, 4.69) is 42.7 Å². The van der Waals surface area contributed by atoms with E-state index in [0.717, 1.165) is 39.3 Å². The first-order valence-electron chi connectivity index (χ1n) is 7.72. The van der Waals surface area contributed by atoms with Crippen LogP contribution in [0.3, 0.4) is 0 Å². The molecule has 2 rings (SSSR count). The van der Waals surface area contributed by atoms with Crippen LogP contribution >= 0.6 is 0 Å². The van der Waals surface area contributed by atoms with Crippen molar-refractivity contribution >= 4 is 0 Å². The Balaban J connectivity index is 2.00. The molecule has 1 saturated heterocycles. The molecule has 0 spiro atoms. The van der Waals surface area contributed by atoms with E-state index in [9.17, 15) is 0 Å². The van der Waals surface area contributed by atoms with E-state index in [0.29, 0.717) is 0 Å². The van der Waals surface area contributed by atoms with Crippen LogP contribution in [0, 0.1) is 20.8 Å². The molecule has 0 amide bonds. The summed E-state index contributed by atoms with van der Waals surface area (Å²) >= 11 is 0. The molecule has 1 fully saturated rings. The highest BCUT2D eigenvalue weighted by Crippen LogP contribution is 2.19. The zero-order chi connectivity index (χ0) is 14.5. The molecule has 1 N–H and O–H groups in total. The van der Waals surface area contributed by atoms with Gasteiger partial charge in [-0.1, -0.05) is 17.7 Å². The Kier molecular flexibility index (Phi) is 5.58. The lowest BCUT2D eigenvalue weighted by molar-refractivity contribution is 0.196. The van der Waals surface area contributed by atoms with Crippen molar-refractivity contribution in [1.82, 2.24) is 9.80 Å². The summed E-state index contributed by atoms with van der Waals surface area (Å²) in [7, 11) is 0. The summed E-state index contributed by atoms with van der Waals surface area (Å²) in [6.45, 7) is 13.2. The van der Waals surface area contributed by atoms with E-state index in [1.807, 2.05) is 0 Å². The molecule has 0 bridgehead atoms. The Morgan fingerprint density at radius 3 is 2.20 bits per heavy atom. The topological polar surface area (TPSA) is 26.7 Å². The summed E-state index contributed by atoms with van der Waals surface area (Å²) in [5, 5.41) is 9.05. The third-order valence-corrected chi connectivity index (χ3v) is 4.32. The van der Waals surface area contributed by atoms with Gasteiger partial charge >= 0.3 is 0 Å². The highest BCUT2D eigenvalue weighted by molar-refractivity contribution is 5.37. The zero-order valence-corrected chi connectivity index (χ0v) is 13.2. The first kappa shape index (κ1) is 15.5. The van der Waals surface area contributed by atoms with Gasteiger partial charge in [-0.3, -0.25) is 9.80 Å². The maximum atomic E-state index is 9.05. The minimum absolute atomic E-state index is 0.274. The van der Waals surface area contributed by atoms with Crippen molar-refractivity contribution in [3.63, 3.8) is 0 Å². The fourth-order valence-electron chi connectivity index (χ4n) is 3.23.